The standard InChI is InChI=1S/C15H21N5O3/c1-10-9-20(3)18-13(10)16-14(21)17-15(4-6-22-7-5-15)12-8-11(2)19-23-12/h8-9H,4-7H2,1-3H3,(H2,16,17,18,21). The predicted octanol–water partition coefficient (Wildman–Crippen LogP) is 1.85. The number of hydrogen-bond donors (Lipinski definition) is 2. The zero-order valence-corrected chi connectivity index (χ0v) is 13.5. The smallest absolute Gasteiger partial charge is 0.321 e. The van der Waals surface area contributed by atoms with Crippen molar-refractivity contribution in [3.8, 4) is 0 Å². The Bertz CT molecular complexity index is 700. The number of amides is 2. The summed E-state index contributed by atoms with van der Waals surface area (Å²) >= 11 is 0. The molecule has 1 aliphatic heterocycles. The van der Waals surface area contributed by atoms with Crippen LogP contribution in [0.25, 0.3) is 0 Å². The molecule has 1 saturated heterocycles. The quantitative estimate of drug-likeness (QED) is 0.900. The number of carbonyl (C=O) groups is 1. The maximum absolute atomic E-state index is 12.5. The topological polar surface area (TPSA) is 94.2 Å². The van der Waals surface area contributed by atoms with E-state index in [1.54, 1.807) is 4.68 Å². The number of aryl methyl sites for hydroxylation is 3. The molecule has 124 valence electrons. The molecule has 2 N–H and O–H groups in total. The van der Waals surface area contributed by atoms with E-state index in [0.717, 1.165) is 11.3 Å². The van der Waals surface area contributed by atoms with Crippen LogP contribution in [0.3, 0.4) is 0 Å². The minimum Gasteiger partial charge on any atom is -0.381 e. The molecule has 2 aromatic rings. The summed E-state index contributed by atoms with van der Waals surface area (Å²) in [7, 11) is 1.81. The molecule has 2 amide bonds. The van der Waals surface area contributed by atoms with E-state index in [0.29, 0.717) is 37.6 Å². The van der Waals surface area contributed by atoms with Crippen LogP contribution in [0.15, 0.2) is 16.8 Å². The van der Waals surface area contributed by atoms with Gasteiger partial charge in [-0.15, -0.1) is 0 Å². The number of nitrogens with one attached hydrogen (secondary N) is 2. The van der Waals surface area contributed by atoms with E-state index in [9.17, 15) is 4.79 Å². The van der Waals surface area contributed by atoms with Gasteiger partial charge >= 0.3 is 6.03 Å². The van der Waals surface area contributed by atoms with Crippen molar-refractivity contribution in [2.24, 2.45) is 7.05 Å². The molecule has 0 spiro atoms. The van der Waals surface area contributed by atoms with Gasteiger partial charge < -0.3 is 14.6 Å². The molecule has 8 heteroatoms. The van der Waals surface area contributed by atoms with Gasteiger partial charge in [0.15, 0.2) is 11.6 Å². The Morgan fingerprint density at radius 2 is 2.09 bits per heavy atom. The number of urea groups is 1. The summed E-state index contributed by atoms with van der Waals surface area (Å²) in [6.07, 6.45) is 3.12. The molecule has 0 radical (unpaired) electrons. The monoisotopic (exact) mass is 319 g/mol. The molecule has 3 rings (SSSR count). The maximum atomic E-state index is 12.5. The van der Waals surface area contributed by atoms with Crippen LogP contribution in [0.5, 0.6) is 0 Å². The second kappa shape index (κ2) is 6.04. The average molecular weight is 319 g/mol. The molecule has 3 heterocycles. The highest BCUT2D eigenvalue weighted by Crippen LogP contribution is 2.32. The summed E-state index contributed by atoms with van der Waals surface area (Å²) in [5.74, 6) is 1.20. The molecular formula is C15H21N5O3. The fourth-order valence-electron chi connectivity index (χ4n) is 2.83. The van der Waals surface area contributed by atoms with Crippen LogP contribution in [0, 0.1) is 13.8 Å². The number of aromatic nitrogens is 3. The number of nitrogens with zero attached hydrogens (tertiary/aromatic N) is 3. The van der Waals surface area contributed by atoms with E-state index < -0.39 is 5.54 Å². The van der Waals surface area contributed by atoms with Gasteiger partial charge in [0.25, 0.3) is 0 Å². The first kappa shape index (κ1) is 15.5. The van der Waals surface area contributed by atoms with Crippen LogP contribution in [0.4, 0.5) is 10.6 Å². The van der Waals surface area contributed by atoms with Crippen molar-refractivity contribution >= 4 is 11.8 Å². The summed E-state index contributed by atoms with van der Waals surface area (Å²) in [6, 6.07) is 1.54. The van der Waals surface area contributed by atoms with E-state index >= 15 is 0 Å². The first-order valence-corrected chi connectivity index (χ1v) is 7.59. The molecule has 0 unspecified atom stereocenters. The number of anilines is 1. The fourth-order valence-corrected chi connectivity index (χ4v) is 2.83. The summed E-state index contributed by atoms with van der Waals surface area (Å²) in [4.78, 5) is 12.5. The molecule has 0 aliphatic carbocycles. The molecule has 0 atom stereocenters. The minimum absolute atomic E-state index is 0.317. The lowest BCUT2D eigenvalue weighted by molar-refractivity contribution is 0.0307. The van der Waals surface area contributed by atoms with E-state index in [1.807, 2.05) is 33.2 Å². The van der Waals surface area contributed by atoms with Crippen molar-refractivity contribution in [1.82, 2.24) is 20.3 Å². The zero-order valence-electron chi connectivity index (χ0n) is 13.5. The van der Waals surface area contributed by atoms with E-state index in [4.69, 9.17) is 9.26 Å². The third-order valence-corrected chi connectivity index (χ3v) is 4.04. The van der Waals surface area contributed by atoms with Gasteiger partial charge in [-0.2, -0.15) is 5.10 Å². The number of hydrogen-bond acceptors (Lipinski definition) is 5. The summed E-state index contributed by atoms with van der Waals surface area (Å²) in [5.41, 5.74) is 1.08. The van der Waals surface area contributed by atoms with Crippen LogP contribution in [0.2, 0.25) is 0 Å². The molecule has 0 aromatic carbocycles. The molecule has 0 saturated carbocycles. The van der Waals surface area contributed by atoms with Crippen molar-refractivity contribution in [2.45, 2.75) is 32.2 Å². The van der Waals surface area contributed by atoms with Crippen molar-refractivity contribution < 1.29 is 14.1 Å². The summed E-state index contributed by atoms with van der Waals surface area (Å²) in [6.45, 7) is 4.87. The Morgan fingerprint density at radius 1 is 1.35 bits per heavy atom. The Labute approximate surface area is 134 Å². The molecule has 8 nitrogen and oxygen atoms in total. The Morgan fingerprint density at radius 3 is 2.65 bits per heavy atom. The third kappa shape index (κ3) is 3.21. The van der Waals surface area contributed by atoms with Crippen molar-refractivity contribution in [3.05, 3.63) is 29.3 Å². The first-order chi connectivity index (χ1) is 11.0. The van der Waals surface area contributed by atoms with Crippen LogP contribution in [0.1, 0.15) is 29.9 Å². The molecule has 23 heavy (non-hydrogen) atoms. The van der Waals surface area contributed by atoms with Gasteiger partial charge in [0.2, 0.25) is 0 Å². The maximum Gasteiger partial charge on any atom is 0.321 e. The fraction of sp³-hybridized carbons (Fsp3) is 0.533. The van der Waals surface area contributed by atoms with Crippen molar-refractivity contribution in [2.75, 3.05) is 18.5 Å². The summed E-state index contributed by atoms with van der Waals surface area (Å²) in [5, 5.41) is 14.0. The Kier molecular flexibility index (Phi) is 4.08. The van der Waals surface area contributed by atoms with Gasteiger partial charge in [-0.1, -0.05) is 5.16 Å². The van der Waals surface area contributed by atoms with Crippen LogP contribution < -0.4 is 10.6 Å². The largest absolute Gasteiger partial charge is 0.381 e. The highest BCUT2D eigenvalue weighted by atomic mass is 16.5. The third-order valence-electron chi connectivity index (χ3n) is 4.04. The van der Waals surface area contributed by atoms with Gasteiger partial charge in [-0.3, -0.25) is 10.00 Å². The van der Waals surface area contributed by atoms with Crippen LogP contribution in [-0.2, 0) is 17.3 Å². The molecule has 1 fully saturated rings. The minimum atomic E-state index is -0.605. The number of carbonyl (C=O) groups excluding carboxylic acids is 1. The molecule has 2 aromatic heterocycles. The van der Waals surface area contributed by atoms with Gasteiger partial charge in [0, 0.05) is 50.9 Å². The van der Waals surface area contributed by atoms with Crippen molar-refractivity contribution in [3.63, 3.8) is 0 Å². The lowest BCUT2D eigenvalue weighted by Gasteiger charge is -2.35. The number of ether oxygens (including phenoxy) is 1. The molecular weight excluding hydrogens is 298 g/mol. The van der Waals surface area contributed by atoms with E-state index in [1.165, 1.54) is 0 Å². The second-order valence-corrected chi connectivity index (χ2v) is 5.94. The predicted molar refractivity (Wildman–Crippen MR) is 83.1 cm³/mol. The molecule has 1 aliphatic rings. The van der Waals surface area contributed by atoms with Crippen LogP contribution in [-0.4, -0.2) is 34.2 Å². The van der Waals surface area contributed by atoms with Crippen LogP contribution >= 0.6 is 0 Å². The molecule has 0 bridgehead atoms. The Balaban J connectivity index is 1.78. The van der Waals surface area contributed by atoms with Gasteiger partial charge in [0.1, 0.15) is 5.54 Å². The highest BCUT2D eigenvalue weighted by molar-refractivity contribution is 5.89. The average Bonchev–Trinajstić information content (AvgIpc) is 3.06. The second-order valence-electron chi connectivity index (χ2n) is 5.94. The zero-order chi connectivity index (χ0) is 16.4. The SMILES string of the molecule is Cc1cc(C2(NC(=O)Nc3nn(C)cc3C)CCOCC2)on1. The lowest BCUT2D eigenvalue weighted by Crippen LogP contribution is -2.50. The van der Waals surface area contributed by atoms with E-state index in [-0.39, 0.29) is 6.03 Å². The number of rotatable bonds is 3. The summed E-state index contributed by atoms with van der Waals surface area (Å²) < 4.78 is 12.5. The van der Waals surface area contributed by atoms with Gasteiger partial charge in [-0.05, 0) is 13.8 Å². The van der Waals surface area contributed by atoms with Crippen molar-refractivity contribution in [1.29, 1.82) is 0 Å². The highest BCUT2D eigenvalue weighted by Gasteiger charge is 2.39. The van der Waals surface area contributed by atoms with Gasteiger partial charge in [-0.25, -0.2) is 4.79 Å². The van der Waals surface area contributed by atoms with E-state index in [2.05, 4.69) is 20.9 Å². The first-order valence-electron chi connectivity index (χ1n) is 7.59. The lowest BCUT2D eigenvalue weighted by atomic mass is 9.87. The normalized spacial score (nSPS) is 17.0. The Hall–Kier alpha value is -2.35. The van der Waals surface area contributed by atoms with Gasteiger partial charge in [0.05, 0.1) is 5.69 Å².